The van der Waals surface area contributed by atoms with Crippen LogP contribution < -0.4 is 11.2 Å². The summed E-state index contributed by atoms with van der Waals surface area (Å²) in [6.07, 6.45) is 1.82. The Kier molecular flexibility index (Phi) is 3.59. The third-order valence-electron chi connectivity index (χ3n) is 3.87. The molecule has 0 spiro atoms. The molecule has 0 amide bonds. The number of para-hydroxylation sites is 1. The van der Waals surface area contributed by atoms with E-state index in [2.05, 4.69) is 19.1 Å². The highest BCUT2D eigenvalue weighted by molar-refractivity contribution is 5.78. The van der Waals surface area contributed by atoms with E-state index in [1.807, 2.05) is 47.2 Å². The van der Waals surface area contributed by atoms with Crippen molar-refractivity contribution < 1.29 is 0 Å². The van der Waals surface area contributed by atoms with Gasteiger partial charge in [-0.2, -0.15) is 0 Å². The zero-order chi connectivity index (χ0) is 14.8. The minimum Gasteiger partial charge on any atom is -0.345 e. The molecule has 0 aliphatic rings. The molecule has 0 aliphatic heterocycles. The fourth-order valence-corrected chi connectivity index (χ4v) is 2.73. The van der Waals surface area contributed by atoms with E-state index in [9.17, 15) is 4.79 Å². The van der Waals surface area contributed by atoms with Gasteiger partial charge in [0.25, 0.3) is 0 Å². The lowest BCUT2D eigenvalue weighted by molar-refractivity contribution is 0.586. The number of hydrogen-bond acceptors (Lipinski definition) is 2. The van der Waals surface area contributed by atoms with Gasteiger partial charge in [0, 0.05) is 30.2 Å². The molecular formula is C18H18N2O. The first-order valence-corrected chi connectivity index (χ1v) is 7.06. The van der Waals surface area contributed by atoms with Crippen molar-refractivity contribution in [1.82, 2.24) is 4.57 Å². The van der Waals surface area contributed by atoms with Gasteiger partial charge in [0.05, 0.1) is 5.52 Å². The second kappa shape index (κ2) is 5.54. The highest BCUT2D eigenvalue weighted by atomic mass is 16.1. The topological polar surface area (TPSA) is 48.0 Å². The molecule has 0 saturated carbocycles. The number of hydrogen-bond donors (Lipinski definition) is 1. The zero-order valence-electron chi connectivity index (χ0n) is 12.0. The van der Waals surface area contributed by atoms with Crippen LogP contribution in [-0.4, -0.2) is 4.57 Å². The predicted octanol–water partition coefficient (Wildman–Crippen LogP) is 3.01. The van der Waals surface area contributed by atoms with Gasteiger partial charge in [-0.25, -0.2) is 0 Å². The molecule has 21 heavy (non-hydrogen) atoms. The molecular weight excluding hydrogens is 260 g/mol. The molecule has 3 aromatic rings. The van der Waals surface area contributed by atoms with E-state index < -0.39 is 0 Å². The Morgan fingerprint density at radius 3 is 2.57 bits per heavy atom. The number of nitrogens with two attached hydrogens (primary N) is 1. The number of aryl methyl sites for hydroxylation is 1. The van der Waals surface area contributed by atoms with Gasteiger partial charge in [0.1, 0.15) is 0 Å². The van der Waals surface area contributed by atoms with Gasteiger partial charge in [0.15, 0.2) is 5.43 Å². The largest absolute Gasteiger partial charge is 0.345 e. The van der Waals surface area contributed by atoms with E-state index in [1.54, 1.807) is 6.07 Å². The van der Waals surface area contributed by atoms with Crippen LogP contribution in [0.4, 0.5) is 0 Å². The number of nitrogens with zero attached hydrogens (tertiary/aromatic N) is 1. The molecule has 3 rings (SSSR count). The quantitative estimate of drug-likeness (QED) is 0.800. The van der Waals surface area contributed by atoms with Crippen molar-refractivity contribution in [3.05, 3.63) is 82.1 Å². The first kappa shape index (κ1) is 13.6. The maximum Gasteiger partial charge on any atom is 0.189 e. The van der Waals surface area contributed by atoms with Crippen molar-refractivity contribution in [2.45, 2.75) is 19.5 Å². The van der Waals surface area contributed by atoms with Crippen molar-refractivity contribution in [3.63, 3.8) is 0 Å². The Bertz CT molecular complexity index is 836. The smallest absolute Gasteiger partial charge is 0.189 e. The number of benzene rings is 2. The lowest BCUT2D eigenvalue weighted by Crippen LogP contribution is -2.20. The predicted molar refractivity (Wildman–Crippen MR) is 86.3 cm³/mol. The van der Waals surface area contributed by atoms with Crippen molar-refractivity contribution in [1.29, 1.82) is 0 Å². The maximum atomic E-state index is 11.9. The minimum absolute atomic E-state index is 0.0475. The number of aromatic nitrogens is 1. The maximum absolute atomic E-state index is 11.9. The van der Waals surface area contributed by atoms with Gasteiger partial charge >= 0.3 is 0 Å². The average molecular weight is 278 g/mol. The summed E-state index contributed by atoms with van der Waals surface area (Å²) in [5, 5.41) is 0.733. The first-order valence-electron chi connectivity index (χ1n) is 7.06. The summed E-state index contributed by atoms with van der Waals surface area (Å²) in [4.78, 5) is 11.9. The number of fused-ring (bicyclic) bond motifs is 1. The Hall–Kier alpha value is -2.39. The number of rotatable bonds is 3. The molecule has 1 aromatic heterocycles. The molecule has 0 bridgehead atoms. The molecule has 0 saturated heterocycles. The van der Waals surface area contributed by atoms with Gasteiger partial charge < -0.3 is 10.3 Å². The molecule has 2 aromatic carbocycles. The summed E-state index contributed by atoms with van der Waals surface area (Å²) in [5.74, 6) is 0. The molecule has 1 heterocycles. The van der Waals surface area contributed by atoms with E-state index in [1.165, 1.54) is 5.56 Å². The normalized spacial score (nSPS) is 12.5. The van der Waals surface area contributed by atoms with Gasteiger partial charge in [-0.3, -0.25) is 4.79 Å². The monoisotopic (exact) mass is 278 g/mol. The summed E-state index contributed by atoms with van der Waals surface area (Å²) >= 11 is 0. The first-order chi connectivity index (χ1) is 10.2. The minimum atomic E-state index is -0.0999. The van der Waals surface area contributed by atoms with Crippen LogP contribution in [0.25, 0.3) is 10.9 Å². The third kappa shape index (κ3) is 2.60. The van der Waals surface area contributed by atoms with Crippen LogP contribution in [0.5, 0.6) is 0 Å². The third-order valence-corrected chi connectivity index (χ3v) is 3.87. The summed E-state index contributed by atoms with van der Waals surface area (Å²) in [6.45, 7) is 2.71. The highest BCUT2D eigenvalue weighted by Gasteiger charge is 2.10. The van der Waals surface area contributed by atoms with E-state index in [-0.39, 0.29) is 11.5 Å². The van der Waals surface area contributed by atoms with Crippen LogP contribution >= 0.6 is 0 Å². The van der Waals surface area contributed by atoms with E-state index in [0.717, 1.165) is 16.5 Å². The van der Waals surface area contributed by atoms with E-state index >= 15 is 0 Å². The molecule has 1 atom stereocenters. The van der Waals surface area contributed by atoms with Gasteiger partial charge in [-0.1, -0.05) is 36.4 Å². The Labute approximate surface area is 123 Å². The summed E-state index contributed by atoms with van der Waals surface area (Å²) < 4.78 is 2.05. The van der Waals surface area contributed by atoms with Crippen LogP contribution in [0.15, 0.2) is 65.6 Å². The fraction of sp³-hybridized carbons (Fsp3) is 0.167. The Morgan fingerprint density at radius 2 is 1.76 bits per heavy atom. The summed E-state index contributed by atoms with van der Waals surface area (Å²) in [5.41, 5.74) is 9.66. The van der Waals surface area contributed by atoms with Crippen molar-refractivity contribution in [3.8, 4) is 0 Å². The van der Waals surface area contributed by atoms with Crippen LogP contribution in [0, 0.1) is 6.92 Å². The Morgan fingerprint density at radius 1 is 1.05 bits per heavy atom. The molecule has 1 unspecified atom stereocenters. The molecule has 0 radical (unpaired) electrons. The van der Waals surface area contributed by atoms with Crippen LogP contribution in [0.1, 0.15) is 17.2 Å². The fourth-order valence-electron chi connectivity index (χ4n) is 2.73. The van der Waals surface area contributed by atoms with Crippen molar-refractivity contribution in [2.24, 2.45) is 5.73 Å². The number of pyridine rings is 1. The molecule has 2 N–H and O–H groups in total. The van der Waals surface area contributed by atoms with Crippen LogP contribution in [0.2, 0.25) is 0 Å². The second-order valence-corrected chi connectivity index (χ2v) is 5.31. The van der Waals surface area contributed by atoms with Crippen molar-refractivity contribution in [2.75, 3.05) is 0 Å². The van der Waals surface area contributed by atoms with Gasteiger partial charge in [-0.15, -0.1) is 0 Å². The van der Waals surface area contributed by atoms with Crippen LogP contribution in [-0.2, 0) is 6.54 Å². The van der Waals surface area contributed by atoms with E-state index in [4.69, 9.17) is 5.73 Å². The summed E-state index contributed by atoms with van der Waals surface area (Å²) in [6, 6.07) is 17.3. The second-order valence-electron chi connectivity index (χ2n) is 5.31. The Balaban J connectivity index is 2.01. The standard InChI is InChI=1S/C18H18N2O/c1-13-6-2-3-7-14(13)16(19)12-20-11-10-18(21)15-8-4-5-9-17(15)20/h2-11,16H,12,19H2,1H3. The highest BCUT2D eigenvalue weighted by Crippen LogP contribution is 2.19. The average Bonchev–Trinajstić information content (AvgIpc) is 2.51. The molecule has 106 valence electrons. The molecule has 0 aliphatic carbocycles. The lowest BCUT2D eigenvalue weighted by Gasteiger charge is -2.18. The molecule has 0 fully saturated rings. The zero-order valence-corrected chi connectivity index (χ0v) is 12.0. The van der Waals surface area contributed by atoms with Gasteiger partial charge in [0.2, 0.25) is 0 Å². The van der Waals surface area contributed by atoms with Gasteiger partial charge in [-0.05, 0) is 30.2 Å². The SMILES string of the molecule is Cc1ccccc1C(N)Cn1ccc(=O)c2ccccc21. The van der Waals surface area contributed by atoms with E-state index in [0.29, 0.717) is 6.54 Å². The molecule has 3 nitrogen and oxygen atoms in total. The summed E-state index contributed by atoms with van der Waals surface area (Å²) in [7, 11) is 0. The van der Waals surface area contributed by atoms with Crippen molar-refractivity contribution >= 4 is 10.9 Å². The van der Waals surface area contributed by atoms with Crippen LogP contribution in [0.3, 0.4) is 0 Å². The molecule has 3 heteroatoms. The lowest BCUT2D eigenvalue weighted by atomic mass is 10.0.